The lowest BCUT2D eigenvalue weighted by Crippen LogP contribution is -2.49. The van der Waals surface area contributed by atoms with Crippen LogP contribution in [-0.4, -0.2) is 71.0 Å². The molecule has 10 nitrogen and oxygen atoms in total. The molecule has 72 heavy (non-hydrogen) atoms. The Labute approximate surface area is 423 Å². The van der Waals surface area contributed by atoms with Gasteiger partial charge >= 0.3 is 0 Å². The van der Waals surface area contributed by atoms with E-state index < -0.39 is 58.4 Å². The van der Waals surface area contributed by atoms with Crippen LogP contribution in [0, 0.1) is 44.9 Å². The SMILES string of the molecule is CC(=O)N[C@@H](Cc1cc(F)cc(F)c1)[C@H](O)CN[C@@H]1CC(C)(C)C(=O)c2ccc(CC(C)(C)C)cc21.CC(=O)N[C@@H](Cc1cc(F)cc(F)c1)[C@H](O)CN[C@H]1CC(C)(C)C(=O)c2ccc(CC(C)(C)C)cc21. The van der Waals surface area contributed by atoms with Gasteiger partial charge in [0.05, 0.1) is 24.3 Å². The molecule has 0 heterocycles. The van der Waals surface area contributed by atoms with Crippen LogP contribution in [0.15, 0.2) is 72.8 Å². The summed E-state index contributed by atoms with van der Waals surface area (Å²) in [4.78, 5) is 49.8. The molecule has 0 spiro atoms. The number of carbonyl (C=O) groups excluding carboxylic acids is 4. The summed E-state index contributed by atoms with van der Waals surface area (Å²) in [6, 6.07) is 16.5. The second-order valence-electron chi connectivity index (χ2n) is 23.8. The van der Waals surface area contributed by atoms with Crippen LogP contribution in [-0.2, 0) is 35.3 Å². The lowest BCUT2D eigenvalue weighted by atomic mass is 9.70. The summed E-state index contributed by atoms with van der Waals surface area (Å²) in [5.41, 5.74) is 5.20. The molecule has 4 aromatic carbocycles. The Morgan fingerprint density at radius 1 is 0.556 bits per heavy atom. The standard InChI is InChI=1S/2C29H38F2N2O3/c2*1-17(34)33-24(12-19-9-20(30)13-21(31)10-19)26(35)16-32-25-15-29(5,6)27(36)22-8-7-18(11-23(22)25)14-28(2,3)4/h2*7-11,13,24-26,32,35H,12,14-16H2,1-6H3,(H,33,34)/t24-,25+,26+;24-,25-,26+/m00/s1. The van der Waals surface area contributed by atoms with Crippen LogP contribution in [0.3, 0.4) is 0 Å². The van der Waals surface area contributed by atoms with Crippen molar-refractivity contribution in [3.05, 3.63) is 141 Å². The smallest absolute Gasteiger partial charge is 0.217 e. The second kappa shape index (κ2) is 23.3. The van der Waals surface area contributed by atoms with E-state index in [9.17, 15) is 47.0 Å². The maximum atomic E-state index is 13.7. The first-order chi connectivity index (χ1) is 33.3. The lowest BCUT2D eigenvalue weighted by molar-refractivity contribution is -0.121. The van der Waals surface area contributed by atoms with Crippen LogP contribution >= 0.6 is 0 Å². The zero-order valence-corrected chi connectivity index (χ0v) is 44.1. The number of amides is 2. The number of aliphatic hydroxyl groups is 2. The summed E-state index contributed by atoms with van der Waals surface area (Å²) >= 11 is 0. The molecule has 14 heteroatoms. The summed E-state index contributed by atoms with van der Waals surface area (Å²) in [5, 5.41) is 34.2. The Hall–Kier alpha value is -5.28. The van der Waals surface area contributed by atoms with E-state index in [4.69, 9.17) is 0 Å². The molecular formula is C58H76F4N4O6. The molecule has 392 valence electrons. The van der Waals surface area contributed by atoms with Crippen molar-refractivity contribution in [2.75, 3.05) is 13.1 Å². The van der Waals surface area contributed by atoms with E-state index in [1.54, 1.807) is 0 Å². The lowest BCUT2D eigenvalue weighted by Gasteiger charge is -2.37. The highest BCUT2D eigenvalue weighted by Gasteiger charge is 2.41. The van der Waals surface area contributed by atoms with Crippen molar-refractivity contribution in [2.24, 2.45) is 21.7 Å². The number of nitrogens with one attached hydrogen (secondary N) is 4. The molecule has 0 unspecified atom stereocenters. The summed E-state index contributed by atoms with van der Waals surface area (Å²) in [5.74, 6) is -3.35. The van der Waals surface area contributed by atoms with Gasteiger partial charge in [0.1, 0.15) is 23.3 Å². The molecule has 6 N–H and O–H groups in total. The predicted molar refractivity (Wildman–Crippen MR) is 273 cm³/mol. The number of carbonyl (C=O) groups is 4. The molecule has 0 bridgehead atoms. The number of rotatable bonds is 16. The van der Waals surface area contributed by atoms with Crippen LogP contribution in [0.1, 0.15) is 162 Å². The van der Waals surface area contributed by atoms with E-state index in [-0.39, 0.29) is 72.2 Å². The van der Waals surface area contributed by atoms with E-state index >= 15 is 0 Å². The number of ketones is 2. The topological polar surface area (TPSA) is 157 Å². The first kappa shape index (κ1) is 57.6. The van der Waals surface area contributed by atoms with Crippen LogP contribution in [0.4, 0.5) is 17.6 Å². The third-order valence-corrected chi connectivity index (χ3v) is 13.2. The van der Waals surface area contributed by atoms with Gasteiger partial charge in [-0.05, 0) is 107 Å². The summed E-state index contributed by atoms with van der Waals surface area (Å²) in [7, 11) is 0. The first-order valence-corrected chi connectivity index (χ1v) is 24.9. The van der Waals surface area contributed by atoms with Crippen LogP contribution in [0.5, 0.6) is 0 Å². The average Bonchev–Trinajstić information content (AvgIpc) is 3.22. The number of hydrogen-bond acceptors (Lipinski definition) is 8. The zero-order valence-electron chi connectivity index (χ0n) is 44.1. The van der Waals surface area contributed by atoms with Crippen molar-refractivity contribution < 1.29 is 47.0 Å². The van der Waals surface area contributed by atoms with Gasteiger partial charge in [-0.2, -0.15) is 0 Å². The third-order valence-electron chi connectivity index (χ3n) is 13.2. The fraction of sp³-hybridized carbons (Fsp3) is 0.517. The zero-order chi connectivity index (χ0) is 53.7. The molecule has 2 amide bonds. The molecule has 0 fully saturated rings. The fourth-order valence-corrected chi connectivity index (χ4v) is 10.0. The Bertz CT molecular complexity index is 2380. The normalized spacial score (nSPS) is 18.9. The van der Waals surface area contributed by atoms with Gasteiger partial charge in [-0.25, -0.2) is 17.6 Å². The molecule has 6 rings (SSSR count). The molecule has 2 aliphatic rings. The summed E-state index contributed by atoms with van der Waals surface area (Å²) < 4.78 is 54.7. The van der Waals surface area contributed by atoms with Crippen molar-refractivity contribution in [1.82, 2.24) is 21.3 Å². The van der Waals surface area contributed by atoms with Gasteiger partial charge < -0.3 is 31.5 Å². The molecule has 4 aromatic rings. The highest BCUT2D eigenvalue weighted by molar-refractivity contribution is 6.03. The second-order valence-corrected chi connectivity index (χ2v) is 23.8. The van der Waals surface area contributed by atoms with Crippen molar-refractivity contribution in [3.63, 3.8) is 0 Å². The fourth-order valence-electron chi connectivity index (χ4n) is 10.0. The molecule has 0 aromatic heterocycles. The molecule has 2 aliphatic carbocycles. The van der Waals surface area contributed by atoms with Gasteiger partial charge in [0.15, 0.2) is 11.6 Å². The third kappa shape index (κ3) is 16.4. The van der Waals surface area contributed by atoms with Gasteiger partial charge in [0.25, 0.3) is 0 Å². The molecule has 0 saturated carbocycles. The van der Waals surface area contributed by atoms with Crippen LogP contribution in [0.2, 0.25) is 0 Å². The van der Waals surface area contributed by atoms with Gasteiger partial charge in [-0.1, -0.05) is 106 Å². The van der Waals surface area contributed by atoms with E-state index in [1.165, 1.54) is 38.1 Å². The van der Waals surface area contributed by atoms with E-state index in [0.29, 0.717) is 35.1 Å². The molecular weight excluding hydrogens is 925 g/mol. The Balaban J connectivity index is 0.000000267. The molecule has 6 atom stereocenters. The minimum absolute atomic E-state index is 0.0675. The number of hydrogen-bond donors (Lipinski definition) is 6. The Kier molecular flexibility index (Phi) is 18.6. The minimum Gasteiger partial charge on any atom is -0.390 e. The van der Waals surface area contributed by atoms with Gasteiger partial charge in [0, 0.05) is 73.1 Å². The van der Waals surface area contributed by atoms with E-state index in [2.05, 4.69) is 74.9 Å². The first-order valence-electron chi connectivity index (χ1n) is 24.9. The summed E-state index contributed by atoms with van der Waals surface area (Å²) in [6.45, 7) is 23.6. The summed E-state index contributed by atoms with van der Waals surface area (Å²) in [6.07, 6.45) is 0.930. The van der Waals surface area contributed by atoms with Crippen LogP contribution in [0.25, 0.3) is 0 Å². The van der Waals surface area contributed by atoms with E-state index in [1.807, 2.05) is 52.0 Å². The number of fused-ring (bicyclic) bond motifs is 2. The maximum absolute atomic E-state index is 13.7. The number of benzene rings is 4. The largest absolute Gasteiger partial charge is 0.390 e. The number of halogens is 4. The van der Waals surface area contributed by atoms with E-state index in [0.717, 1.165) is 47.2 Å². The van der Waals surface area contributed by atoms with Crippen molar-refractivity contribution in [1.29, 1.82) is 0 Å². The van der Waals surface area contributed by atoms with Gasteiger partial charge in [-0.15, -0.1) is 0 Å². The quantitative estimate of drug-likeness (QED) is 0.0607. The Morgan fingerprint density at radius 3 is 1.17 bits per heavy atom. The minimum atomic E-state index is -1.03. The number of aliphatic hydroxyl groups excluding tert-OH is 2. The highest BCUT2D eigenvalue weighted by atomic mass is 19.1. The van der Waals surface area contributed by atoms with Gasteiger partial charge in [-0.3, -0.25) is 19.2 Å². The molecule has 0 radical (unpaired) electrons. The predicted octanol–water partition coefficient (Wildman–Crippen LogP) is 9.81. The van der Waals surface area contributed by atoms with Crippen molar-refractivity contribution in [2.45, 2.75) is 158 Å². The Morgan fingerprint density at radius 2 is 0.875 bits per heavy atom. The maximum Gasteiger partial charge on any atom is 0.217 e. The van der Waals surface area contributed by atoms with Crippen molar-refractivity contribution >= 4 is 23.4 Å². The monoisotopic (exact) mass is 1000 g/mol. The van der Waals surface area contributed by atoms with Crippen LogP contribution < -0.4 is 21.3 Å². The number of Topliss-reactive ketones (excluding diaryl/α,β-unsaturated/α-hetero) is 2. The molecule has 0 saturated heterocycles. The van der Waals surface area contributed by atoms with Gasteiger partial charge in [0.2, 0.25) is 11.8 Å². The average molecular weight is 1000 g/mol. The van der Waals surface area contributed by atoms with Crippen molar-refractivity contribution in [3.8, 4) is 0 Å². The highest BCUT2D eigenvalue weighted by Crippen LogP contribution is 2.43. The molecule has 0 aliphatic heterocycles.